The quantitative estimate of drug-likeness (QED) is 0.535. The Kier molecular flexibility index (Phi) is 6.34. The van der Waals surface area contributed by atoms with E-state index in [1.807, 2.05) is 0 Å². The van der Waals surface area contributed by atoms with Crippen molar-refractivity contribution in [1.29, 1.82) is 0 Å². The van der Waals surface area contributed by atoms with E-state index >= 15 is 0 Å². The first-order valence-electron chi connectivity index (χ1n) is 9.02. The van der Waals surface area contributed by atoms with Gasteiger partial charge in [-0.05, 0) is 52.7 Å². The Balaban J connectivity index is 1.60. The molecule has 3 N–H and O–H groups in total. The van der Waals surface area contributed by atoms with Gasteiger partial charge in [-0.25, -0.2) is 13.6 Å². The fourth-order valence-electron chi connectivity index (χ4n) is 2.98. The minimum atomic E-state index is -1.66. The zero-order valence-electron chi connectivity index (χ0n) is 16.2. The van der Waals surface area contributed by atoms with Crippen LogP contribution < -0.4 is 16.0 Å². The van der Waals surface area contributed by atoms with E-state index in [1.165, 1.54) is 13.0 Å². The Morgan fingerprint density at radius 1 is 1.10 bits per heavy atom. The van der Waals surface area contributed by atoms with Crippen LogP contribution in [0.3, 0.4) is 0 Å². The number of anilines is 1. The van der Waals surface area contributed by atoms with Gasteiger partial charge >= 0.3 is 6.03 Å². The van der Waals surface area contributed by atoms with E-state index in [1.54, 1.807) is 24.3 Å². The maximum Gasteiger partial charge on any atom is 0.325 e. The first-order valence-corrected chi connectivity index (χ1v) is 9.82. The van der Waals surface area contributed by atoms with Crippen molar-refractivity contribution in [3.63, 3.8) is 0 Å². The van der Waals surface area contributed by atoms with Gasteiger partial charge in [0.15, 0.2) is 11.6 Å². The van der Waals surface area contributed by atoms with E-state index in [0.29, 0.717) is 15.1 Å². The molecule has 0 aromatic heterocycles. The highest BCUT2D eigenvalue weighted by Gasteiger charge is 2.49. The molecule has 162 valence electrons. The Morgan fingerprint density at radius 3 is 2.48 bits per heavy atom. The average molecular weight is 495 g/mol. The van der Waals surface area contributed by atoms with E-state index in [0.717, 1.165) is 12.1 Å². The van der Waals surface area contributed by atoms with E-state index < -0.39 is 47.5 Å². The highest BCUT2D eigenvalue weighted by Crippen LogP contribution is 2.29. The van der Waals surface area contributed by atoms with Gasteiger partial charge in [0.2, 0.25) is 11.8 Å². The monoisotopic (exact) mass is 494 g/mol. The lowest BCUT2D eigenvalue weighted by Crippen LogP contribution is -2.44. The molecule has 3 rings (SSSR count). The molecule has 0 spiro atoms. The summed E-state index contributed by atoms with van der Waals surface area (Å²) in [5.74, 6) is -4.34. The highest BCUT2D eigenvalue weighted by atomic mass is 79.9. The molecule has 2 aromatic carbocycles. The van der Waals surface area contributed by atoms with Crippen molar-refractivity contribution in [2.75, 3.05) is 18.4 Å². The minimum absolute atomic E-state index is 0.0282. The number of amides is 5. The summed E-state index contributed by atoms with van der Waals surface area (Å²) in [6.07, 6.45) is 0. The van der Waals surface area contributed by atoms with Crippen LogP contribution in [0.2, 0.25) is 0 Å². The molecule has 11 heteroatoms. The predicted molar refractivity (Wildman–Crippen MR) is 110 cm³/mol. The van der Waals surface area contributed by atoms with E-state index in [-0.39, 0.29) is 12.1 Å². The molecule has 1 heterocycles. The van der Waals surface area contributed by atoms with Crippen LogP contribution in [0.4, 0.5) is 19.3 Å². The van der Waals surface area contributed by atoms with Crippen LogP contribution in [0, 0.1) is 11.6 Å². The Hall–Kier alpha value is -3.34. The molecule has 1 saturated heterocycles. The lowest BCUT2D eigenvalue weighted by molar-refractivity contribution is -0.135. The number of nitrogens with zero attached hydrogens (tertiary/aromatic N) is 1. The van der Waals surface area contributed by atoms with Crippen molar-refractivity contribution in [2.45, 2.75) is 12.5 Å². The first-order chi connectivity index (χ1) is 14.6. The Morgan fingerprint density at radius 2 is 1.81 bits per heavy atom. The molecule has 1 unspecified atom stereocenters. The van der Waals surface area contributed by atoms with Crippen molar-refractivity contribution < 1.29 is 28.0 Å². The summed E-state index contributed by atoms with van der Waals surface area (Å²) in [5.41, 5.74) is -1.12. The zero-order chi connectivity index (χ0) is 22.8. The molecule has 1 aliphatic heterocycles. The standard InChI is InChI=1S/C20H17BrF2N4O4/c1-20(11-6-7-13(22)14(23)8-11)18(30)27(19(31)26-20)10-17(29)24-9-16(28)25-15-5-3-2-4-12(15)21/h2-8H,9-10H2,1H3,(H,24,29)(H,25,28)(H,26,31). The smallest absolute Gasteiger partial charge is 0.325 e. The lowest BCUT2D eigenvalue weighted by atomic mass is 9.92. The van der Waals surface area contributed by atoms with Crippen molar-refractivity contribution in [1.82, 2.24) is 15.5 Å². The summed E-state index contributed by atoms with van der Waals surface area (Å²) >= 11 is 3.28. The first kappa shape index (κ1) is 22.3. The molecule has 0 aliphatic carbocycles. The Labute approximate surface area is 184 Å². The molecule has 8 nitrogen and oxygen atoms in total. The van der Waals surface area contributed by atoms with E-state index in [4.69, 9.17) is 0 Å². The zero-order valence-corrected chi connectivity index (χ0v) is 17.8. The number of hydrogen-bond acceptors (Lipinski definition) is 4. The number of benzene rings is 2. The van der Waals surface area contributed by atoms with Gasteiger partial charge < -0.3 is 16.0 Å². The summed E-state index contributed by atoms with van der Waals surface area (Å²) in [7, 11) is 0. The van der Waals surface area contributed by atoms with Crippen molar-refractivity contribution in [2.24, 2.45) is 0 Å². The van der Waals surface area contributed by atoms with Crippen LogP contribution >= 0.6 is 15.9 Å². The largest absolute Gasteiger partial charge is 0.345 e. The van der Waals surface area contributed by atoms with Crippen LogP contribution in [0.25, 0.3) is 0 Å². The molecule has 0 saturated carbocycles. The van der Waals surface area contributed by atoms with Crippen molar-refractivity contribution in [3.05, 3.63) is 64.1 Å². The number of hydrogen-bond donors (Lipinski definition) is 3. The molecule has 1 aliphatic rings. The van der Waals surface area contributed by atoms with Gasteiger partial charge in [-0.3, -0.25) is 19.3 Å². The van der Waals surface area contributed by atoms with Gasteiger partial charge in [-0.2, -0.15) is 0 Å². The fraction of sp³-hybridized carbons (Fsp3) is 0.200. The predicted octanol–water partition coefficient (Wildman–Crippen LogP) is 2.25. The number of rotatable bonds is 6. The Bertz CT molecular complexity index is 1080. The van der Waals surface area contributed by atoms with Gasteiger partial charge in [0.1, 0.15) is 12.1 Å². The van der Waals surface area contributed by atoms with Gasteiger partial charge in [-0.1, -0.05) is 18.2 Å². The summed E-state index contributed by atoms with van der Waals surface area (Å²) < 4.78 is 27.4. The van der Waals surface area contributed by atoms with Gasteiger partial charge in [0.25, 0.3) is 5.91 Å². The van der Waals surface area contributed by atoms with Crippen molar-refractivity contribution in [3.8, 4) is 0 Å². The maximum atomic E-state index is 13.6. The van der Waals surface area contributed by atoms with Gasteiger partial charge in [-0.15, -0.1) is 0 Å². The minimum Gasteiger partial charge on any atom is -0.345 e. The SMILES string of the molecule is CC1(c2ccc(F)c(F)c2)NC(=O)N(CC(=O)NCC(=O)Nc2ccccc2Br)C1=O. The molecule has 5 amide bonds. The number of urea groups is 1. The molecule has 31 heavy (non-hydrogen) atoms. The molecule has 0 bridgehead atoms. The summed E-state index contributed by atoms with van der Waals surface area (Å²) in [5, 5.41) is 7.30. The van der Waals surface area contributed by atoms with Crippen LogP contribution in [-0.4, -0.2) is 41.7 Å². The topological polar surface area (TPSA) is 108 Å². The number of imide groups is 1. The molecule has 2 aromatic rings. The van der Waals surface area contributed by atoms with E-state index in [2.05, 4.69) is 31.9 Å². The summed E-state index contributed by atoms with van der Waals surface area (Å²) in [6.45, 7) is 0.291. The molecule has 1 atom stereocenters. The van der Waals surface area contributed by atoms with Crippen LogP contribution in [0.15, 0.2) is 46.9 Å². The second kappa shape index (κ2) is 8.80. The lowest BCUT2D eigenvalue weighted by Gasteiger charge is -2.22. The van der Waals surface area contributed by atoms with Gasteiger partial charge in [0.05, 0.1) is 12.2 Å². The molecule has 1 fully saturated rings. The number of halogens is 3. The number of carbonyl (C=O) groups is 4. The van der Waals surface area contributed by atoms with E-state index in [9.17, 15) is 28.0 Å². The second-order valence-electron chi connectivity index (χ2n) is 6.88. The normalized spacial score (nSPS) is 18.0. The summed E-state index contributed by atoms with van der Waals surface area (Å²) in [6, 6.07) is 8.84. The average Bonchev–Trinajstić information content (AvgIpc) is 2.94. The van der Waals surface area contributed by atoms with Crippen LogP contribution in [0.5, 0.6) is 0 Å². The molecule has 0 radical (unpaired) electrons. The summed E-state index contributed by atoms with van der Waals surface area (Å²) in [4.78, 5) is 49.8. The third-order valence-corrected chi connectivity index (χ3v) is 5.36. The number of nitrogens with one attached hydrogen (secondary N) is 3. The number of carbonyl (C=O) groups excluding carboxylic acids is 4. The maximum absolute atomic E-state index is 13.6. The highest BCUT2D eigenvalue weighted by molar-refractivity contribution is 9.10. The van der Waals surface area contributed by atoms with Crippen LogP contribution in [-0.2, 0) is 19.9 Å². The number of para-hydroxylation sites is 1. The van der Waals surface area contributed by atoms with Gasteiger partial charge in [0, 0.05) is 4.47 Å². The molecular formula is C20H17BrF2N4O4. The molecular weight excluding hydrogens is 478 g/mol. The second-order valence-corrected chi connectivity index (χ2v) is 7.73. The van der Waals surface area contributed by atoms with Crippen molar-refractivity contribution >= 4 is 45.4 Å². The fourth-order valence-corrected chi connectivity index (χ4v) is 3.36. The third-order valence-electron chi connectivity index (χ3n) is 4.67. The third kappa shape index (κ3) is 4.71. The van der Waals surface area contributed by atoms with Crippen LogP contribution in [0.1, 0.15) is 12.5 Å².